The number of nitrogens with one attached hydrogen (secondary N) is 2. The highest BCUT2D eigenvalue weighted by atomic mass is 32.2. The first kappa shape index (κ1) is 20.0. The molecule has 0 spiro atoms. The van der Waals surface area contributed by atoms with Crippen molar-refractivity contribution in [1.82, 2.24) is 10.2 Å². The molecule has 0 aliphatic carbocycles. The van der Waals surface area contributed by atoms with Crippen LogP contribution in [-0.2, 0) is 16.4 Å². The van der Waals surface area contributed by atoms with Gasteiger partial charge in [-0.05, 0) is 48.7 Å². The topological polar surface area (TPSA) is 101 Å². The van der Waals surface area contributed by atoms with Crippen LogP contribution in [-0.4, -0.2) is 24.5 Å². The van der Waals surface area contributed by atoms with Gasteiger partial charge in [-0.3, -0.25) is 14.8 Å². The van der Waals surface area contributed by atoms with E-state index in [0.717, 1.165) is 19.3 Å². The van der Waals surface area contributed by atoms with E-state index in [-0.39, 0.29) is 10.5 Å². The van der Waals surface area contributed by atoms with Crippen LogP contribution in [0.15, 0.2) is 58.9 Å². The summed E-state index contributed by atoms with van der Waals surface area (Å²) in [5.74, 6) is -0.450. The Morgan fingerprint density at radius 2 is 1.93 bits per heavy atom. The molecule has 7 nitrogen and oxygen atoms in total. The van der Waals surface area contributed by atoms with Crippen molar-refractivity contribution in [2.75, 3.05) is 10.0 Å². The first-order chi connectivity index (χ1) is 13.5. The largest absolute Gasteiger partial charge is 0.296 e. The second-order valence-corrected chi connectivity index (χ2v) is 8.65. The number of aromatic nitrogens is 2. The van der Waals surface area contributed by atoms with E-state index >= 15 is 0 Å². The molecule has 0 aliphatic heterocycles. The Kier molecular flexibility index (Phi) is 6.37. The van der Waals surface area contributed by atoms with E-state index in [1.165, 1.54) is 46.7 Å². The highest BCUT2D eigenvalue weighted by Gasteiger charge is 2.17. The Bertz CT molecular complexity index is 1030. The van der Waals surface area contributed by atoms with Crippen molar-refractivity contribution in [3.63, 3.8) is 0 Å². The van der Waals surface area contributed by atoms with E-state index in [1.54, 1.807) is 12.1 Å². The number of unbranched alkanes of at least 4 members (excludes halogenated alkanes) is 1. The summed E-state index contributed by atoms with van der Waals surface area (Å²) in [6, 6.07) is 13.2. The van der Waals surface area contributed by atoms with Crippen LogP contribution in [0.4, 0.5) is 10.8 Å². The molecule has 146 valence electrons. The summed E-state index contributed by atoms with van der Waals surface area (Å²) in [5, 5.41) is 10.3. The Morgan fingerprint density at radius 1 is 1.14 bits per heavy atom. The average Bonchev–Trinajstić information content (AvgIpc) is 3.20. The number of benzene rings is 2. The van der Waals surface area contributed by atoms with Gasteiger partial charge in [-0.2, -0.15) is 0 Å². The van der Waals surface area contributed by atoms with Crippen molar-refractivity contribution < 1.29 is 13.2 Å². The lowest BCUT2D eigenvalue weighted by Gasteiger charge is -2.10. The standard InChI is InChI=1S/C19H20N4O3S2/c1-2-3-5-14-8-10-16(11-9-14)23-28(25,26)17-7-4-6-15(12-17)18(24)21-19-22-20-13-27-19/h4,6-13,23H,2-3,5H2,1H3,(H,21,22,24). The zero-order chi connectivity index (χ0) is 20.0. The molecule has 0 radical (unpaired) electrons. The number of nitrogens with zero attached hydrogens (tertiary/aromatic N) is 2. The molecular formula is C19H20N4O3S2. The zero-order valence-corrected chi connectivity index (χ0v) is 16.9. The van der Waals surface area contributed by atoms with Crippen LogP contribution >= 0.6 is 11.3 Å². The van der Waals surface area contributed by atoms with Crippen molar-refractivity contribution >= 4 is 38.1 Å². The van der Waals surface area contributed by atoms with E-state index in [1.807, 2.05) is 12.1 Å². The molecule has 2 aromatic carbocycles. The van der Waals surface area contributed by atoms with Gasteiger partial charge in [-0.1, -0.05) is 42.9 Å². The van der Waals surface area contributed by atoms with Crippen LogP contribution in [0.25, 0.3) is 0 Å². The number of aryl methyl sites for hydroxylation is 1. The molecule has 1 aromatic heterocycles. The molecule has 1 heterocycles. The van der Waals surface area contributed by atoms with Crippen molar-refractivity contribution in [3.8, 4) is 0 Å². The van der Waals surface area contributed by atoms with Gasteiger partial charge in [0.2, 0.25) is 5.13 Å². The van der Waals surface area contributed by atoms with Gasteiger partial charge >= 0.3 is 0 Å². The fraction of sp³-hybridized carbons (Fsp3) is 0.211. The summed E-state index contributed by atoms with van der Waals surface area (Å²) in [6.45, 7) is 2.13. The molecule has 0 saturated carbocycles. The van der Waals surface area contributed by atoms with Crippen molar-refractivity contribution in [1.29, 1.82) is 0 Å². The Balaban J connectivity index is 1.73. The molecule has 3 rings (SSSR count). The minimum atomic E-state index is -3.82. The van der Waals surface area contributed by atoms with E-state index in [2.05, 4.69) is 27.2 Å². The molecule has 0 aliphatic rings. The van der Waals surface area contributed by atoms with Crippen molar-refractivity contribution in [2.24, 2.45) is 0 Å². The molecule has 1 amide bonds. The fourth-order valence-electron chi connectivity index (χ4n) is 2.54. The quantitative estimate of drug-likeness (QED) is 0.579. The molecule has 28 heavy (non-hydrogen) atoms. The predicted molar refractivity (Wildman–Crippen MR) is 110 cm³/mol. The summed E-state index contributed by atoms with van der Waals surface area (Å²) in [7, 11) is -3.82. The monoisotopic (exact) mass is 416 g/mol. The lowest BCUT2D eigenvalue weighted by molar-refractivity contribution is 0.102. The SMILES string of the molecule is CCCCc1ccc(NS(=O)(=O)c2cccc(C(=O)Nc3nncs3)c2)cc1. The van der Waals surface area contributed by atoms with Gasteiger partial charge in [-0.15, -0.1) is 10.2 Å². The Morgan fingerprint density at radius 3 is 2.61 bits per heavy atom. The number of rotatable bonds is 8. The lowest BCUT2D eigenvalue weighted by atomic mass is 10.1. The van der Waals surface area contributed by atoms with Gasteiger partial charge in [0.1, 0.15) is 5.51 Å². The third-order valence-electron chi connectivity index (χ3n) is 4.01. The van der Waals surface area contributed by atoms with Crippen LogP contribution in [0.2, 0.25) is 0 Å². The summed E-state index contributed by atoms with van der Waals surface area (Å²) in [6.07, 6.45) is 3.17. The highest BCUT2D eigenvalue weighted by Crippen LogP contribution is 2.19. The number of carbonyl (C=O) groups is 1. The maximum atomic E-state index is 12.7. The van der Waals surface area contributed by atoms with E-state index in [9.17, 15) is 13.2 Å². The normalized spacial score (nSPS) is 11.2. The molecule has 0 fully saturated rings. The van der Waals surface area contributed by atoms with Crippen LogP contribution in [0.5, 0.6) is 0 Å². The van der Waals surface area contributed by atoms with Crippen molar-refractivity contribution in [2.45, 2.75) is 31.1 Å². The van der Waals surface area contributed by atoms with Gasteiger partial charge in [0, 0.05) is 11.3 Å². The summed E-state index contributed by atoms with van der Waals surface area (Å²) in [4.78, 5) is 12.3. The molecule has 0 unspecified atom stereocenters. The average molecular weight is 417 g/mol. The van der Waals surface area contributed by atoms with E-state index in [4.69, 9.17) is 0 Å². The minimum absolute atomic E-state index is 0.00692. The van der Waals surface area contributed by atoms with Gasteiger partial charge < -0.3 is 0 Å². The molecular weight excluding hydrogens is 396 g/mol. The maximum absolute atomic E-state index is 12.7. The summed E-state index contributed by atoms with van der Waals surface area (Å²) >= 11 is 1.18. The molecule has 3 aromatic rings. The Hall–Kier alpha value is -2.78. The van der Waals surface area contributed by atoms with Crippen LogP contribution in [0, 0.1) is 0 Å². The van der Waals surface area contributed by atoms with E-state index in [0.29, 0.717) is 10.8 Å². The Labute approximate surface area is 167 Å². The highest BCUT2D eigenvalue weighted by molar-refractivity contribution is 7.92. The van der Waals surface area contributed by atoms with Crippen LogP contribution in [0.3, 0.4) is 0 Å². The molecule has 0 bridgehead atoms. The third kappa shape index (κ3) is 5.14. The fourth-order valence-corrected chi connectivity index (χ4v) is 4.08. The van der Waals surface area contributed by atoms with Gasteiger partial charge in [-0.25, -0.2) is 8.42 Å². The smallest absolute Gasteiger partial charge is 0.261 e. The maximum Gasteiger partial charge on any atom is 0.261 e. The lowest BCUT2D eigenvalue weighted by Crippen LogP contribution is -2.16. The number of carbonyl (C=O) groups excluding carboxylic acids is 1. The van der Waals surface area contributed by atoms with Crippen LogP contribution in [0.1, 0.15) is 35.7 Å². The second kappa shape index (κ2) is 8.94. The van der Waals surface area contributed by atoms with Gasteiger partial charge in [0.05, 0.1) is 4.90 Å². The predicted octanol–water partition coefficient (Wildman–Crippen LogP) is 3.93. The second-order valence-electron chi connectivity index (χ2n) is 6.13. The van der Waals surface area contributed by atoms with E-state index < -0.39 is 15.9 Å². The zero-order valence-electron chi connectivity index (χ0n) is 15.3. The summed E-state index contributed by atoms with van der Waals surface area (Å²) in [5.41, 5.74) is 3.35. The van der Waals surface area contributed by atoms with Gasteiger partial charge in [0.15, 0.2) is 0 Å². The number of sulfonamides is 1. The molecule has 9 heteroatoms. The number of hydrogen-bond donors (Lipinski definition) is 2. The van der Waals surface area contributed by atoms with Crippen molar-refractivity contribution in [3.05, 3.63) is 65.2 Å². The number of hydrogen-bond acceptors (Lipinski definition) is 6. The van der Waals surface area contributed by atoms with Gasteiger partial charge in [0.25, 0.3) is 15.9 Å². The molecule has 0 atom stereocenters. The minimum Gasteiger partial charge on any atom is -0.296 e. The molecule has 2 N–H and O–H groups in total. The summed E-state index contributed by atoms with van der Waals surface area (Å²) < 4.78 is 27.9. The third-order valence-corrected chi connectivity index (χ3v) is 6.00. The van der Waals surface area contributed by atoms with Crippen LogP contribution < -0.4 is 10.0 Å². The molecule has 0 saturated heterocycles. The first-order valence-corrected chi connectivity index (χ1v) is 11.1. The number of amides is 1. The first-order valence-electron chi connectivity index (χ1n) is 8.77. The number of anilines is 2.